The molecule has 0 saturated carbocycles. The molecular weight excluding hydrogens is 459 g/mol. The lowest BCUT2D eigenvalue weighted by Crippen LogP contribution is -2.34. The Kier molecular flexibility index (Phi) is 8.47. The second kappa shape index (κ2) is 11.0. The van der Waals surface area contributed by atoms with Crippen LogP contribution in [0.4, 0.5) is 4.39 Å². The number of pyridine rings is 2. The fourth-order valence-electron chi connectivity index (χ4n) is 5.31. The number of aryl methyl sites for hydroxylation is 2. The monoisotopic (exact) mass is 496 g/mol. The van der Waals surface area contributed by atoms with E-state index >= 15 is 0 Å². The number of hydrogen-bond donors (Lipinski definition) is 1. The highest BCUT2D eigenvalue weighted by molar-refractivity contribution is 5.92. The first kappa shape index (κ1) is 27.7. The van der Waals surface area contributed by atoms with Crippen molar-refractivity contribution in [2.75, 3.05) is 7.11 Å². The molecular formula is C29H37FN2O4. The van der Waals surface area contributed by atoms with E-state index in [1.54, 1.807) is 24.5 Å². The minimum atomic E-state index is -1.80. The SMILES string of the molecule is CC.CC.CC[C@@](O)(C=O)c1cc2n(c(=O)c1COC)Cc1c-2nc2cc(F)c(C)c3c2c1CCC3. The van der Waals surface area contributed by atoms with Crippen molar-refractivity contribution >= 4 is 17.2 Å². The number of carbonyl (C=O) groups is 1. The molecule has 3 heterocycles. The van der Waals surface area contributed by atoms with Gasteiger partial charge in [0.2, 0.25) is 0 Å². The summed E-state index contributed by atoms with van der Waals surface area (Å²) in [6.07, 6.45) is 3.15. The van der Waals surface area contributed by atoms with E-state index in [2.05, 4.69) is 0 Å². The Morgan fingerprint density at radius 3 is 2.44 bits per heavy atom. The zero-order chi connectivity index (χ0) is 26.8. The van der Waals surface area contributed by atoms with E-state index in [9.17, 15) is 19.1 Å². The standard InChI is InChI=1S/C25H25FN2O4.2C2H6/c1-4-25(31,12-29)18-8-21-23-16(10-28(21)24(30)17(18)11-32-3)15-7-5-6-14-13(2)19(26)9-20(27-23)22(14)15;2*1-2/h8-9,12,31H,4-7,10-11H2,1-3H3;2*1-2H3/t25-;;/m1../s1. The van der Waals surface area contributed by atoms with E-state index in [1.807, 2.05) is 27.7 Å². The van der Waals surface area contributed by atoms with Crippen LogP contribution in [0, 0.1) is 12.7 Å². The summed E-state index contributed by atoms with van der Waals surface area (Å²) < 4.78 is 21.5. The van der Waals surface area contributed by atoms with Gasteiger partial charge in [0, 0.05) is 35.3 Å². The molecule has 0 radical (unpaired) electrons. The van der Waals surface area contributed by atoms with Crippen molar-refractivity contribution in [3.63, 3.8) is 0 Å². The molecule has 0 amide bonds. The molecule has 5 rings (SSSR count). The van der Waals surface area contributed by atoms with Gasteiger partial charge in [0.1, 0.15) is 11.4 Å². The summed E-state index contributed by atoms with van der Waals surface area (Å²) in [6.45, 7) is 11.8. The van der Waals surface area contributed by atoms with Crippen molar-refractivity contribution < 1.29 is 19.0 Å². The van der Waals surface area contributed by atoms with Crippen molar-refractivity contribution in [3.8, 4) is 11.4 Å². The Morgan fingerprint density at radius 1 is 1.17 bits per heavy atom. The lowest BCUT2D eigenvalue weighted by Gasteiger charge is -2.24. The van der Waals surface area contributed by atoms with Crippen molar-refractivity contribution in [2.24, 2.45) is 0 Å². The maximum Gasteiger partial charge on any atom is 0.257 e. The van der Waals surface area contributed by atoms with E-state index in [-0.39, 0.29) is 35.5 Å². The lowest BCUT2D eigenvalue weighted by atomic mass is 9.84. The number of fused-ring (bicyclic) bond motifs is 4. The van der Waals surface area contributed by atoms with Gasteiger partial charge in [0.25, 0.3) is 5.56 Å². The summed E-state index contributed by atoms with van der Waals surface area (Å²) >= 11 is 0. The molecule has 0 saturated heterocycles. The molecule has 3 aromatic rings. The molecule has 0 spiro atoms. The number of aliphatic hydroxyl groups is 1. The van der Waals surface area contributed by atoms with Gasteiger partial charge in [-0.2, -0.15) is 0 Å². The first-order chi connectivity index (χ1) is 17.3. The normalized spacial score (nSPS) is 14.6. The Labute approximate surface area is 212 Å². The average Bonchev–Trinajstić information content (AvgIpc) is 3.29. The van der Waals surface area contributed by atoms with Crippen molar-refractivity contribution in [1.29, 1.82) is 0 Å². The van der Waals surface area contributed by atoms with Crippen LogP contribution < -0.4 is 5.56 Å². The van der Waals surface area contributed by atoms with Crippen molar-refractivity contribution in [2.45, 2.75) is 86.0 Å². The summed E-state index contributed by atoms with van der Waals surface area (Å²) in [5.41, 5.74) is 3.90. The van der Waals surface area contributed by atoms with E-state index in [4.69, 9.17) is 9.72 Å². The Hall–Kier alpha value is -2.90. The molecule has 1 N–H and O–H groups in total. The van der Waals surface area contributed by atoms with E-state index in [0.29, 0.717) is 35.3 Å². The first-order valence-corrected chi connectivity index (χ1v) is 12.9. The number of carbonyl (C=O) groups excluding carboxylic acids is 1. The molecule has 1 atom stereocenters. The quantitative estimate of drug-likeness (QED) is 0.376. The van der Waals surface area contributed by atoms with Gasteiger partial charge in [-0.1, -0.05) is 34.6 Å². The number of aromatic nitrogens is 2. The van der Waals surface area contributed by atoms with Gasteiger partial charge >= 0.3 is 0 Å². The van der Waals surface area contributed by atoms with Crippen molar-refractivity contribution in [3.05, 3.63) is 61.7 Å². The number of halogens is 1. The molecule has 36 heavy (non-hydrogen) atoms. The van der Waals surface area contributed by atoms with Gasteiger partial charge in [0.15, 0.2) is 6.29 Å². The van der Waals surface area contributed by atoms with Gasteiger partial charge in [-0.05, 0) is 55.4 Å². The third-order valence-corrected chi connectivity index (χ3v) is 7.12. The fourth-order valence-corrected chi connectivity index (χ4v) is 5.31. The maximum absolute atomic E-state index is 14.6. The summed E-state index contributed by atoms with van der Waals surface area (Å²) in [5.74, 6) is -0.277. The molecule has 1 aromatic carbocycles. The third-order valence-electron chi connectivity index (χ3n) is 7.12. The van der Waals surface area contributed by atoms with E-state index < -0.39 is 5.60 Å². The molecule has 2 aliphatic rings. The summed E-state index contributed by atoms with van der Waals surface area (Å²) in [4.78, 5) is 30.1. The zero-order valence-corrected chi connectivity index (χ0v) is 22.4. The topological polar surface area (TPSA) is 81.4 Å². The first-order valence-electron chi connectivity index (χ1n) is 12.9. The molecule has 194 valence electrons. The summed E-state index contributed by atoms with van der Waals surface area (Å²) in [6, 6.07) is 3.15. The second-order valence-corrected chi connectivity index (χ2v) is 8.77. The largest absolute Gasteiger partial charge is 0.380 e. The summed E-state index contributed by atoms with van der Waals surface area (Å²) in [5, 5.41) is 12.0. The molecule has 6 nitrogen and oxygen atoms in total. The number of ether oxygens (including phenoxy) is 1. The van der Waals surface area contributed by atoms with Crippen LogP contribution >= 0.6 is 0 Å². The van der Waals surface area contributed by atoms with Crippen LogP contribution in [0.25, 0.3) is 22.3 Å². The van der Waals surface area contributed by atoms with Gasteiger partial charge < -0.3 is 14.4 Å². The number of nitrogens with zero attached hydrogens (tertiary/aromatic N) is 2. The molecule has 1 aliphatic carbocycles. The summed E-state index contributed by atoms with van der Waals surface area (Å²) in [7, 11) is 1.47. The smallest absolute Gasteiger partial charge is 0.257 e. The predicted molar refractivity (Wildman–Crippen MR) is 141 cm³/mol. The molecule has 7 heteroatoms. The Morgan fingerprint density at radius 2 is 1.83 bits per heavy atom. The van der Waals surface area contributed by atoms with Crippen LogP contribution in [-0.2, 0) is 41.1 Å². The highest BCUT2D eigenvalue weighted by atomic mass is 19.1. The van der Waals surface area contributed by atoms with Crippen LogP contribution in [0.2, 0.25) is 0 Å². The van der Waals surface area contributed by atoms with E-state index in [0.717, 1.165) is 41.3 Å². The minimum Gasteiger partial charge on any atom is -0.380 e. The number of aldehydes is 1. The maximum atomic E-state index is 14.6. The predicted octanol–water partition coefficient (Wildman–Crippen LogP) is 5.36. The van der Waals surface area contributed by atoms with Crippen LogP contribution in [-0.4, -0.2) is 28.1 Å². The van der Waals surface area contributed by atoms with Gasteiger partial charge in [-0.25, -0.2) is 9.37 Å². The lowest BCUT2D eigenvalue weighted by molar-refractivity contribution is -0.125. The Bertz CT molecular complexity index is 1360. The van der Waals surface area contributed by atoms with Crippen LogP contribution in [0.15, 0.2) is 16.9 Å². The minimum absolute atomic E-state index is 0.0161. The average molecular weight is 497 g/mol. The van der Waals surface area contributed by atoms with Gasteiger partial charge in [-0.15, -0.1) is 0 Å². The number of rotatable bonds is 5. The highest BCUT2D eigenvalue weighted by Gasteiger charge is 2.36. The molecule has 0 bridgehead atoms. The van der Waals surface area contributed by atoms with Crippen LogP contribution in [0.3, 0.4) is 0 Å². The molecule has 0 fully saturated rings. The Balaban J connectivity index is 0.000000861. The highest BCUT2D eigenvalue weighted by Crippen LogP contribution is 2.42. The number of methoxy groups -OCH3 is 1. The second-order valence-electron chi connectivity index (χ2n) is 8.77. The number of benzene rings is 1. The molecule has 1 aliphatic heterocycles. The van der Waals surface area contributed by atoms with Crippen molar-refractivity contribution in [1.82, 2.24) is 9.55 Å². The van der Waals surface area contributed by atoms with Crippen LogP contribution in [0.1, 0.15) is 80.8 Å². The molecule has 2 aromatic heterocycles. The fraction of sp³-hybridized carbons (Fsp3) is 0.483. The van der Waals surface area contributed by atoms with E-state index in [1.165, 1.54) is 13.2 Å². The zero-order valence-electron chi connectivity index (χ0n) is 22.4. The van der Waals surface area contributed by atoms with Gasteiger partial charge in [-0.3, -0.25) is 9.59 Å². The van der Waals surface area contributed by atoms with Crippen LogP contribution in [0.5, 0.6) is 0 Å². The number of hydrogen-bond acceptors (Lipinski definition) is 5. The third kappa shape index (κ3) is 4.18. The molecule has 0 unspecified atom stereocenters. The van der Waals surface area contributed by atoms with Gasteiger partial charge in [0.05, 0.1) is 30.1 Å².